The van der Waals surface area contributed by atoms with Gasteiger partial charge in [-0.1, -0.05) is 37.0 Å². The van der Waals surface area contributed by atoms with Gasteiger partial charge < -0.3 is 14.8 Å². The highest BCUT2D eigenvalue weighted by Crippen LogP contribution is 2.31. The van der Waals surface area contributed by atoms with Gasteiger partial charge in [0.15, 0.2) is 17.3 Å². The molecule has 1 heterocycles. The van der Waals surface area contributed by atoms with Crippen LogP contribution in [-0.2, 0) is 12.8 Å². The third kappa shape index (κ3) is 7.53. The SMILES string of the molecule is CCc1cc(OCC=C(Cl)Cl)cc(CC)c1OCCCCNC(=O)c1nc(F)c(C)c(F)c1F. The lowest BCUT2D eigenvalue weighted by atomic mass is 10.0. The largest absolute Gasteiger partial charge is 0.493 e. The first-order valence-corrected chi connectivity index (χ1v) is 11.7. The molecule has 2 rings (SSSR count). The van der Waals surface area contributed by atoms with Crippen molar-refractivity contribution in [3.8, 4) is 11.5 Å². The Hall–Kier alpha value is -2.45. The fraction of sp³-hybridized carbons (Fsp3) is 0.417. The molecule has 1 amide bonds. The van der Waals surface area contributed by atoms with E-state index in [9.17, 15) is 18.0 Å². The number of carbonyl (C=O) groups is 1. The molecule has 34 heavy (non-hydrogen) atoms. The lowest BCUT2D eigenvalue weighted by Gasteiger charge is -2.17. The lowest BCUT2D eigenvalue weighted by molar-refractivity contribution is 0.0940. The predicted molar refractivity (Wildman–Crippen MR) is 126 cm³/mol. The van der Waals surface area contributed by atoms with Crippen LogP contribution in [0.2, 0.25) is 0 Å². The number of amides is 1. The second kappa shape index (κ2) is 13.4. The van der Waals surface area contributed by atoms with E-state index in [0.29, 0.717) is 25.2 Å². The van der Waals surface area contributed by atoms with Gasteiger partial charge in [-0.25, -0.2) is 13.8 Å². The Morgan fingerprint density at radius 2 is 1.71 bits per heavy atom. The van der Waals surface area contributed by atoms with Crippen molar-refractivity contribution in [2.45, 2.75) is 46.5 Å². The summed E-state index contributed by atoms with van der Waals surface area (Å²) >= 11 is 11.2. The second-order valence-corrected chi connectivity index (χ2v) is 8.41. The van der Waals surface area contributed by atoms with E-state index in [1.165, 1.54) is 0 Å². The van der Waals surface area contributed by atoms with Gasteiger partial charge in [0.05, 0.1) is 6.61 Å². The summed E-state index contributed by atoms with van der Waals surface area (Å²) in [5, 5.41) is 2.42. The molecule has 1 N–H and O–H groups in total. The van der Waals surface area contributed by atoms with E-state index in [-0.39, 0.29) is 17.6 Å². The predicted octanol–water partition coefficient (Wildman–Crippen LogP) is 6.22. The van der Waals surface area contributed by atoms with E-state index in [0.717, 1.165) is 36.6 Å². The van der Waals surface area contributed by atoms with Gasteiger partial charge >= 0.3 is 0 Å². The molecule has 0 aliphatic carbocycles. The van der Waals surface area contributed by atoms with Crippen LogP contribution >= 0.6 is 23.2 Å². The molecule has 1 aromatic carbocycles. The zero-order valence-corrected chi connectivity index (χ0v) is 20.8. The Morgan fingerprint density at radius 3 is 2.29 bits per heavy atom. The number of halogens is 5. The van der Waals surface area contributed by atoms with Crippen LogP contribution in [0.4, 0.5) is 13.2 Å². The number of hydrogen-bond donors (Lipinski definition) is 1. The zero-order chi connectivity index (χ0) is 25.3. The molecule has 10 heteroatoms. The van der Waals surface area contributed by atoms with E-state index in [2.05, 4.69) is 10.3 Å². The van der Waals surface area contributed by atoms with Crippen LogP contribution in [0.15, 0.2) is 22.7 Å². The lowest BCUT2D eigenvalue weighted by Crippen LogP contribution is -2.27. The molecule has 0 atom stereocenters. The molecule has 1 aromatic heterocycles. The Kier molecular flexibility index (Phi) is 11.0. The number of aryl methyl sites for hydroxylation is 2. The fourth-order valence-electron chi connectivity index (χ4n) is 3.14. The Bertz CT molecular complexity index is 1020. The van der Waals surface area contributed by atoms with Crippen molar-refractivity contribution in [1.29, 1.82) is 0 Å². The first kappa shape index (κ1) is 27.8. The minimum atomic E-state index is -1.46. The quantitative estimate of drug-likeness (QED) is 0.267. The van der Waals surface area contributed by atoms with Crippen molar-refractivity contribution in [2.75, 3.05) is 19.8 Å². The van der Waals surface area contributed by atoms with Crippen LogP contribution in [0.1, 0.15) is 53.9 Å². The highest BCUT2D eigenvalue weighted by molar-refractivity contribution is 6.55. The molecule has 2 aromatic rings. The molecular weight excluding hydrogens is 492 g/mol. The van der Waals surface area contributed by atoms with Gasteiger partial charge in [0.25, 0.3) is 5.91 Å². The molecule has 0 aliphatic rings. The molecule has 0 saturated heterocycles. The average Bonchev–Trinajstić information content (AvgIpc) is 2.81. The fourth-order valence-corrected chi connectivity index (χ4v) is 3.27. The molecule has 0 bridgehead atoms. The summed E-state index contributed by atoms with van der Waals surface area (Å²) in [7, 11) is 0. The van der Waals surface area contributed by atoms with E-state index in [1.807, 2.05) is 26.0 Å². The minimum absolute atomic E-state index is 0.141. The topological polar surface area (TPSA) is 60.5 Å². The highest BCUT2D eigenvalue weighted by Gasteiger charge is 2.22. The monoisotopic (exact) mass is 518 g/mol. The number of rotatable bonds is 12. The summed E-state index contributed by atoms with van der Waals surface area (Å²) in [5.74, 6) is -3.58. The minimum Gasteiger partial charge on any atom is -0.493 e. The maximum Gasteiger partial charge on any atom is 0.273 e. The summed E-state index contributed by atoms with van der Waals surface area (Å²) in [4.78, 5) is 15.3. The molecule has 0 saturated carbocycles. The van der Waals surface area contributed by atoms with E-state index < -0.39 is 34.7 Å². The number of hydrogen-bond acceptors (Lipinski definition) is 4. The third-order valence-electron chi connectivity index (χ3n) is 5.03. The van der Waals surface area contributed by atoms with E-state index >= 15 is 0 Å². The average molecular weight is 519 g/mol. The van der Waals surface area contributed by atoms with Gasteiger partial charge in [0.2, 0.25) is 5.95 Å². The summed E-state index contributed by atoms with van der Waals surface area (Å²) < 4.78 is 52.9. The number of unbranched alkanes of at least 4 members (excludes halogenated alkanes) is 1. The molecule has 5 nitrogen and oxygen atoms in total. The normalized spacial score (nSPS) is 10.7. The van der Waals surface area contributed by atoms with Crippen LogP contribution in [0.25, 0.3) is 0 Å². The van der Waals surface area contributed by atoms with Crippen molar-refractivity contribution in [2.24, 2.45) is 0 Å². The molecule has 186 valence electrons. The number of carbonyl (C=O) groups excluding carboxylic acids is 1. The Morgan fingerprint density at radius 1 is 1.06 bits per heavy atom. The van der Waals surface area contributed by atoms with Crippen LogP contribution in [0.3, 0.4) is 0 Å². The van der Waals surface area contributed by atoms with Crippen LogP contribution in [0.5, 0.6) is 11.5 Å². The molecule has 0 unspecified atom stereocenters. The molecule has 0 aliphatic heterocycles. The van der Waals surface area contributed by atoms with Crippen LogP contribution in [0, 0.1) is 24.5 Å². The zero-order valence-electron chi connectivity index (χ0n) is 19.2. The standard InChI is InChI=1S/C24H27Cl2F3N2O3/c1-4-15-12-17(33-11-8-18(25)26)13-16(5-2)22(15)34-10-7-6-9-30-24(32)21-20(28)19(27)14(3)23(29)31-21/h8,12-13H,4-7,9-11H2,1-3H3,(H,30,32). The van der Waals surface area contributed by atoms with Gasteiger partial charge in [-0.05, 0) is 61.9 Å². The van der Waals surface area contributed by atoms with Crippen molar-refractivity contribution >= 4 is 29.1 Å². The summed E-state index contributed by atoms with van der Waals surface area (Å²) in [6.07, 6.45) is 4.14. The number of nitrogens with zero attached hydrogens (tertiary/aromatic N) is 1. The second-order valence-electron chi connectivity index (χ2n) is 7.40. The Balaban J connectivity index is 1.89. The number of pyridine rings is 1. The number of nitrogens with one attached hydrogen (secondary N) is 1. The van der Waals surface area contributed by atoms with Crippen molar-refractivity contribution < 1.29 is 27.4 Å². The third-order valence-corrected chi connectivity index (χ3v) is 5.34. The first-order valence-electron chi connectivity index (χ1n) is 10.9. The van der Waals surface area contributed by atoms with Crippen LogP contribution < -0.4 is 14.8 Å². The summed E-state index contributed by atoms with van der Waals surface area (Å²) in [6.45, 7) is 5.89. The summed E-state index contributed by atoms with van der Waals surface area (Å²) in [5.41, 5.74) is 0.519. The van der Waals surface area contributed by atoms with Crippen molar-refractivity contribution in [1.82, 2.24) is 10.3 Å². The maximum atomic E-state index is 13.9. The van der Waals surface area contributed by atoms with Gasteiger partial charge in [0.1, 0.15) is 22.6 Å². The number of ether oxygens (including phenoxy) is 2. The Labute approximate surface area is 207 Å². The number of aromatic nitrogens is 1. The van der Waals surface area contributed by atoms with Gasteiger partial charge in [-0.3, -0.25) is 4.79 Å². The van der Waals surface area contributed by atoms with Gasteiger partial charge in [-0.2, -0.15) is 4.39 Å². The first-order chi connectivity index (χ1) is 16.2. The molecule has 0 spiro atoms. The van der Waals surface area contributed by atoms with Crippen molar-refractivity contribution in [3.63, 3.8) is 0 Å². The van der Waals surface area contributed by atoms with Crippen molar-refractivity contribution in [3.05, 3.63) is 62.7 Å². The van der Waals surface area contributed by atoms with Gasteiger partial charge in [-0.15, -0.1) is 0 Å². The number of benzene rings is 1. The summed E-state index contributed by atoms with van der Waals surface area (Å²) in [6, 6.07) is 3.82. The maximum absolute atomic E-state index is 13.9. The molecular formula is C24H27Cl2F3N2O3. The van der Waals surface area contributed by atoms with Gasteiger partial charge in [0, 0.05) is 12.1 Å². The molecule has 0 fully saturated rings. The highest BCUT2D eigenvalue weighted by atomic mass is 35.5. The smallest absolute Gasteiger partial charge is 0.273 e. The molecule has 0 radical (unpaired) electrons. The van der Waals surface area contributed by atoms with E-state index in [4.69, 9.17) is 32.7 Å². The van der Waals surface area contributed by atoms with E-state index in [1.54, 1.807) is 6.08 Å². The van der Waals surface area contributed by atoms with Crippen LogP contribution in [-0.4, -0.2) is 30.6 Å².